The third-order valence-corrected chi connectivity index (χ3v) is 2.42. The molecular weight excluding hydrogens is 160 g/mol. The van der Waals surface area contributed by atoms with Crippen molar-refractivity contribution in [2.75, 3.05) is 18.5 Å². The average molecular weight is 176 g/mol. The Bertz CT molecular complexity index is 240. The Hall–Kier alpha value is -1.02. The molecule has 2 nitrogen and oxygen atoms in total. The third-order valence-electron chi connectivity index (χ3n) is 2.42. The maximum Gasteiger partial charge on any atom is 0.150 e. The first-order valence-electron chi connectivity index (χ1n) is 5.02. The van der Waals surface area contributed by atoms with Crippen molar-refractivity contribution in [3.8, 4) is 0 Å². The van der Waals surface area contributed by atoms with Crippen LogP contribution in [-0.4, -0.2) is 13.1 Å². The number of para-hydroxylation sites is 1. The molecule has 0 amide bonds. The van der Waals surface area contributed by atoms with E-state index in [9.17, 15) is 0 Å². The molecule has 1 aromatic rings. The van der Waals surface area contributed by atoms with Gasteiger partial charge in [-0.05, 0) is 18.6 Å². The van der Waals surface area contributed by atoms with Crippen molar-refractivity contribution in [3.63, 3.8) is 0 Å². The van der Waals surface area contributed by atoms with E-state index in [2.05, 4.69) is 34.7 Å². The quantitative estimate of drug-likeness (QED) is 0.685. The van der Waals surface area contributed by atoms with Crippen molar-refractivity contribution < 1.29 is 0 Å². The molecule has 0 atom stereocenters. The molecule has 0 saturated carbocycles. The van der Waals surface area contributed by atoms with Gasteiger partial charge in [-0.15, -0.1) is 0 Å². The molecule has 1 saturated heterocycles. The first-order chi connectivity index (χ1) is 6.45. The van der Waals surface area contributed by atoms with E-state index in [1.807, 2.05) is 6.07 Å². The van der Waals surface area contributed by atoms with Gasteiger partial charge >= 0.3 is 0 Å². The molecule has 2 rings (SSSR count). The minimum atomic E-state index is 1.18. The lowest BCUT2D eigenvalue weighted by Crippen LogP contribution is -2.40. The van der Waals surface area contributed by atoms with Crippen LogP contribution < -0.4 is 10.4 Å². The molecule has 0 spiro atoms. The summed E-state index contributed by atoms with van der Waals surface area (Å²) in [7, 11) is 0. The number of hydrogen-bond acceptors (Lipinski definition) is 2. The Kier molecular flexibility index (Phi) is 2.82. The van der Waals surface area contributed by atoms with Gasteiger partial charge in [-0.2, -0.15) is 5.43 Å². The van der Waals surface area contributed by atoms with Crippen molar-refractivity contribution in [1.82, 2.24) is 5.01 Å². The maximum atomic E-state index is 3.41. The van der Waals surface area contributed by atoms with Crippen molar-refractivity contribution in [3.05, 3.63) is 30.3 Å². The Labute approximate surface area is 79.5 Å². The predicted molar refractivity (Wildman–Crippen MR) is 55.8 cm³/mol. The predicted octanol–water partition coefficient (Wildman–Crippen LogP) is 2.34. The van der Waals surface area contributed by atoms with Gasteiger partial charge in [-0.1, -0.05) is 23.2 Å². The molecule has 1 heterocycles. The topological polar surface area (TPSA) is 17.9 Å². The van der Waals surface area contributed by atoms with Crippen molar-refractivity contribution >= 4 is 5.69 Å². The zero-order valence-electron chi connectivity index (χ0n) is 7.87. The molecule has 1 aromatic carbocycles. The number of rotatable bonds is 2. The van der Waals surface area contributed by atoms with E-state index in [1.54, 1.807) is 0 Å². The smallest absolute Gasteiger partial charge is 0.150 e. The third kappa shape index (κ3) is 2.46. The van der Waals surface area contributed by atoms with E-state index in [-0.39, 0.29) is 0 Å². The number of anilines is 1. The molecule has 0 aliphatic carbocycles. The van der Waals surface area contributed by atoms with Crippen molar-refractivity contribution in [2.45, 2.75) is 19.3 Å². The number of hydrogen-bond donors (Lipinski definition) is 1. The van der Waals surface area contributed by atoms with E-state index in [0.29, 0.717) is 0 Å². The van der Waals surface area contributed by atoms with Crippen molar-refractivity contribution in [2.24, 2.45) is 0 Å². The van der Waals surface area contributed by atoms with Crippen LogP contribution in [0, 0.1) is 0 Å². The molecule has 1 radical (unpaired) electrons. The molecule has 0 aromatic heterocycles. The van der Waals surface area contributed by atoms with Gasteiger partial charge in [0.1, 0.15) is 0 Å². The SMILES string of the molecule is c1ccc(N[N+]2CCCCC2)cc1. The van der Waals surface area contributed by atoms with Gasteiger partial charge in [0.05, 0.1) is 5.69 Å². The highest BCUT2D eigenvalue weighted by molar-refractivity contribution is 5.41. The lowest BCUT2D eigenvalue weighted by atomic mass is 10.2. The van der Waals surface area contributed by atoms with Crippen LogP contribution in [-0.2, 0) is 0 Å². The number of hydrazine groups is 1. The summed E-state index contributed by atoms with van der Waals surface area (Å²) in [6.45, 7) is 2.35. The lowest BCUT2D eigenvalue weighted by Gasteiger charge is -2.16. The average Bonchev–Trinajstić information content (AvgIpc) is 2.21. The summed E-state index contributed by atoms with van der Waals surface area (Å²) in [6.07, 6.45) is 4.02. The standard InChI is InChI=1S/C11H16N2/c1-3-7-11(8-4-1)12-13-9-5-2-6-10-13/h1,3-4,7-8,12H,2,5-6,9-10H2/q+1. The fourth-order valence-electron chi connectivity index (χ4n) is 1.70. The van der Waals surface area contributed by atoms with Crippen molar-refractivity contribution in [1.29, 1.82) is 0 Å². The summed E-state index contributed by atoms with van der Waals surface area (Å²) in [5.74, 6) is 0. The van der Waals surface area contributed by atoms with E-state index < -0.39 is 0 Å². The number of piperidine rings is 1. The van der Waals surface area contributed by atoms with Crippen LogP contribution in [0.5, 0.6) is 0 Å². The lowest BCUT2D eigenvalue weighted by molar-refractivity contribution is 0.385. The molecule has 0 unspecified atom stereocenters. The second-order valence-electron chi connectivity index (χ2n) is 3.53. The first-order valence-corrected chi connectivity index (χ1v) is 5.02. The van der Waals surface area contributed by atoms with Crippen LogP contribution in [0.4, 0.5) is 5.69 Å². The summed E-state index contributed by atoms with van der Waals surface area (Å²) in [4.78, 5) is 0. The Morgan fingerprint density at radius 3 is 2.31 bits per heavy atom. The zero-order chi connectivity index (χ0) is 8.93. The summed E-state index contributed by atoms with van der Waals surface area (Å²) in [6, 6.07) is 10.4. The van der Waals surface area contributed by atoms with E-state index in [4.69, 9.17) is 0 Å². The molecule has 13 heavy (non-hydrogen) atoms. The number of nitrogens with one attached hydrogen (secondary N) is 1. The van der Waals surface area contributed by atoms with E-state index in [1.165, 1.54) is 38.0 Å². The Balaban J connectivity index is 1.90. The maximum absolute atomic E-state index is 3.41. The van der Waals surface area contributed by atoms with Crippen LogP contribution >= 0.6 is 0 Å². The summed E-state index contributed by atoms with van der Waals surface area (Å²) in [5, 5.41) is 2.30. The first kappa shape index (κ1) is 8.57. The Morgan fingerprint density at radius 2 is 1.62 bits per heavy atom. The monoisotopic (exact) mass is 176 g/mol. The zero-order valence-corrected chi connectivity index (χ0v) is 7.87. The van der Waals surface area contributed by atoms with Crippen LogP contribution in [0.1, 0.15) is 19.3 Å². The Morgan fingerprint density at radius 1 is 0.923 bits per heavy atom. The molecule has 1 N–H and O–H groups in total. The molecule has 1 aliphatic heterocycles. The molecule has 2 heteroatoms. The van der Waals surface area contributed by atoms with E-state index in [0.717, 1.165) is 0 Å². The van der Waals surface area contributed by atoms with Gasteiger partial charge < -0.3 is 0 Å². The van der Waals surface area contributed by atoms with Gasteiger partial charge in [0, 0.05) is 12.8 Å². The second kappa shape index (κ2) is 4.28. The van der Waals surface area contributed by atoms with Gasteiger partial charge in [-0.25, -0.2) is 0 Å². The molecule has 69 valence electrons. The minimum absolute atomic E-state index is 1.18. The van der Waals surface area contributed by atoms with Crippen LogP contribution in [0.25, 0.3) is 0 Å². The fourth-order valence-corrected chi connectivity index (χ4v) is 1.70. The second-order valence-corrected chi connectivity index (χ2v) is 3.53. The number of benzene rings is 1. The van der Waals surface area contributed by atoms with Gasteiger partial charge in [-0.3, -0.25) is 0 Å². The highest BCUT2D eigenvalue weighted by Crippen LogP contribution is 2.10. The van der Waals surface area contributed by atoms with Crippen LogP contribution in [0.3, 0.4) is 0 Å². The highest BCUT2D eigenvalue weighted by atomic mass is 15.5. The molecule has 1 fully saturated rings. The summed E-state index contributed by atoms with van der Waals surface area (Å²) >= 11 is 0. The van der Waals surface area contributed by atoms with Crippen LogP contribution in [0.2, 0.25) is 0 Å². The fraction of sp³-hybridized carbons (Fsp3) is 0.455. The molecule has 1 aliphatic rings. The van der Waals surface area contributed by atoms with Gasteiger partial charge in [0.15, 0.2) is 13.1 Å². The summed E-state index contributed by atoms with van der Waals surface area (Å²) in [5.41, 5.74) is 4.61. The van der Waals surface area contributed by atoms with Crippen LogP contribution in [0.15, 0.2) is 30.3 Å². The van der Waals surface area contributed by atoms with Gasteiger partial charge in [0.2, 0.25) is 0 Å². The highest BCUT2D eigenvalue weighted by Gasteiger charge is 2.18. The largest absolute Gasteiger partial charge is 0.187 e. The number of nitrogens with zero attached hydrogens (tertiary/aromatic N) is 1. The molecule has 0 bridgehead atoms. The molecular formula is C11H16N2+. The van der Waals surface area contributed by atoms with Gasteiger partial charge in [0.25, 0.3) is 0 Å². The summed E-state index contributed by atoms with van der Waals surface area (Å²) < 4.78 is 0. The van der Waals surface area contributed by atoms with E-state index >= 15 is 0 Å². The minimum Gasteiger partial charge on any atom is -0.187 e. The normalized spacial score (nSPS) is 18.5.